The average Bonchev–Trinajstić information content (AvgIpc) is 2.80. The lowest BCUT2D eigenvalue weighted by Gasteiger charge is -2.33. The van der Waals surface area contributed by atoms with Crippen LogP contribution in [0.2, 0.25) is 0 Å². The molecule has 172 valence electrons. The Morgan fingerprint density at radius 1 is 1.09 bits per heavy atom. The molecule has 0 bridgehead atoms. The van der Waals surface area contributed by atoms with Gasteiger partial charge in [-0.2, -0.15) is 0 Å². The highest BCUT2D eigenvalue weighted by molar-refractivity contribution is 7.92. The van der Waals surface area contributed by atoms with Gasteiger partial charge in [0.2, 0.25) is 0 Å². The number of likely N-dealkylation sites (tertiary alicyclic amines) is 1. The lowest BCUT2D eigenvalue weighted by atomic mass is 9.98. The highest BCUT2D eigenvalue weighted by Crippen LogP contribution is 2.27. The monoisotopic (exact) mass is 457 g/mol. The zero-order valence-corrected chi connectivity index (χ0v) is 19.5. The van der Waals surface area contributed by atoms with Crippen molar-refractivity contribution in [2.24, 2.45) is 5.92 Å². The summed E-state index contributed by atoms with van der Waals surface area (Å²) in [5.41, 5.74) is 1.72. The number of carbonyl (C=O) groups excluding carboxylic acids is 1. The van der Waals surface area contributed by atoms with Gasteiger partial charge in [-0.05, 0) is 43.9 Å². The third kappa shape index (κ3) is 5.05. The maximum absolute atomic E-state index is 13.5. The molecular formula is C23H31N5O3S. The van der Waals surface area contributed by atoms with Crippen molar-refractivity contribution in [1.29, 1.82) is 0 Å². The van der Waals surface area contributed by atoms with Gasteiger partial charge in [0.05, 0.1) is 22.3 Å². The number of piperazine rings is 1. The van der Waals surface area contributed by atoms with Crippen molar-refractivity contribution < 1.29 is 13.2 Å². The lowest BCUT2D eigenvalue weighted by Crippen LogP contribution is -2.45. The van der Waals surface area contributed by atoms with E-state index in [-0.39, 0.29) is 16.5 Å². The molecule has 2 N–H and O–H groups in total. The van der Waals surface area contributed by atoms with E-state index in [1.165, 1.54) is 6.20 Å². The second kappa shape index (κ2) is 9.46. The number of hydrogen-bond acceptors (Lipinski definition) is 6. The van der Waals surface area contributed by atoms with E-state index in [2.05, 4.69) is 26.8 Å². The number of aromatic nitrogens is 1. The number of hydrogen-bond donors (Lipinski definition) is 2. The first-order valence-electron chi connectivity index (χ1n) is 11.2. The molecule has 8 nitrogen and oxygen atoms in total. The van der Waals surface area contributed by atoms with E-state index in [1.807, 2.05) is 11.8 Å². The summed E-state index contributed by atoms with van der Waals surface area (Å²) in [6.45, 7) is 8.66. The third-order valence-corrected chi connectivity index (χ3v) is 7.57. The van der Waals surface area contributed by atoms with Crippen LogP contribution in [0, 0.1) is 12.8 Å². The van der Waals surface area contributed by atoms with Crippen LogP contribution in [-0.4, -0.2) is 63.5 Å². The van der Waals surface area contributed by atoms with Gasteiger partial charge in [0.15, 0.2) is 0 Å². The highest BCUT2D eigenvalue weighted by atomic mass is 32.2. The van der Waals surface area contributed by atoms with Crippen LogP contribution in [0.1, 0.15) is 35.7 Å². The molecule has 2 fully saturated rings. The zero-order chi connectivity index (χ0) is 22.7. The Morgan fingerprint density at radius 3 is 2.41 bits per heavy atom. The van der Waals surface area contributed by atoms with Crippen molar-refractivity contribution in [3.05, 3.63) is 47.7 Å². The van der Waals surface area contributed by atoms with E-state index in [0.29, 0.717) is 30.4 Å². The first kappa shape index (κ1) is 22.5. The summed E-state index contributed by atoms with van der Waals surface area (Å²) in [4.78, 5) is 22.1. The van der Waals surface area contributed by atoms with E-state index >= 15 is 0 Å². The fourth-order valence-corrected chi connectivity index (χ4v) is 5.15. The van der Waals surface area contributed by atoms with Gasteiger partial charge in [0, 0.05) is 39.3 Å². The van der Waals surface area contributed by atoms with E-state index in [1.54, 1.807) is 30.3 Å². The lowest BCUT2D eigenvalue weighted by molar-refractivity contribution is 0.0697. The Morgan fingerprint density at radius 2 is 1.75 bits per heavy atom. The summed E-state index contributed by atoms with van der Waals surface area (Å²) in [5.74, 6) is 1.14. The van der Waals surface area contributed by atoms with Gasteiger partial charge < -0.3 is 15.1 Å². The number of amides is 1. The maximum Gasteiger partial charge on any atom is 0.261 e. The van der Waals surface area contributed by atoms with Crippen LogP contribution >= 0.6 is 0 Å². The van der Waals surface area contributed by atoms with Crippen molar-refractivity contribution in [2.45, 2.75) is 31.6 Å². The summed E-state index contributed by atoms with van der Waals surface area (Å²) in [7, 11) is -3.78. The minimum absolute atomic E-state index is 0.0886. The summed E-state index contributed by atoms with van der Waals surface area (Å²) >= 11 is 0. The average molecular weight is 458 g/mol. The number of benzene rings is 1. The Balaban J connectivity index is 1.64. The number of pyridine rings is 1. The molecule has 0 radical (unpaired) electrons. The van der Waals surface area contributed by atoms with Crippen LogP contribution in [0.5, 0.6) is 0 Å². The van der Waals surface area contributed by atoms with Crippen molar-refractivity contribution in [1.82, 2.24) is 15.2 Å². The van der Waals surface area contributed by atoms with Gasteiger partial charge in [0.1, 0.15) is 5.82 Å². The molecule has 0 aliphatic carbocycles. The van der Waals surface area contributed by atoms with E-state index in [4.69, 9.17) is 0 Å². The Hall–Kier alpha value is -2.65. The van der Waals surface area contributed by atoms with Crippen LogP contribution in [0.4, 0.5) is 11.5 Å². The van der Waals surface area contributed by atoms with Crippen molar-refractivity contribution in [3.8, 4) is 0 Å². The third-order valence-electron chi connectivity index (χ3n) is 6.17. The van der Waals surface area contributed by atoms with Gasteiger partial charge >= 0.3 is 0 Å². The molecule has 0 saturated carbocycles. The van der Waals surface area contributed by atoms with E-state index in [9.17, 15) is 13.2 Å². The van der Waals surface area contributed by atoms with Crippen LogP contribution in [0.15, 0.2) is 41.4 Å². The summed E-state index contributed by atoms with van der Waals surface area (Å²) in [6, 6.07) is 8.29. The normalized spacial score (nSPS) is 17.9. The van der Waals surface area contributed by atoms with Crippen molar-refractivity contribution in [2.75, 3.05) is 48.9 Å². The molecule has 0 atom stereocenters. The van der Waals surface area contributed by atoms with Crippen LogP contribution in [0.3, 0.4) is 0 Å². The maximum atomic E-state index is 13.5. The molecular weight excluding hydrogens is 426 g/mol. The van der Waals surface area contributed by atoms with Gasteiger partial charge in [0.25, 0.3) is 15.9 Å². The van der Waals surface area contributed by atoms with Gasteiger partial charge in [-0.25, -0.2) is 13.4 Å². The fourth-order valence-electron chi connectivity index (χ4n) is 4.11. The van der Waals surface area contributed by atoms with Crippen molar-refractivity contribution >= 4 is 27.4 Å². The SMILES string of the molecule is Cc1ccc(S(=O)(=O)Nc2cnc(N3CCNCC3)c(C(=O)N3CCC(C)CC3)c2)cc1. The van der Waals surface area contributed by atoms with Gasteiger partial charge in [-0.3, -0.25) is 9.52 Å². The molecule has 0 unspecified atom stereocenters. The molecule has 2 aliphatic heterocycles. The molecule has 0 spiro atoms. The first-order chi connectivity index (χ1) is 15.3. The minimum atomic E-state index is -3.78. The second-order valence-corrected chi connectivity index (χ2v) is 10.4. The fraction of sp³-hybridized carbons (Fsp3) is 0.478. The van der Waals surface area contributed by atoms with Gasteiger partial charge in [-0.1, -0.05) is 24.6 Å². The summed E-state index contributed by atoms with van der Waals surface area (Å²) in [6.07, 6.45) is 3.45. The number of aryl methyl sites for hydroxylation is 1. The standard InChI is InChI=1S/C23H31N5O3S/c1-17-3-5-20(6-4-17)32(30,31)26-19-15-21(23(29)28-11-7-18(2)8-12-28)22(25-16-19)27-13-9-24-10-14-27/h3-6,15-16,18,24,26H,7-14H2,1-2H3. The summed E-state index contributed by atoms with van der Waals surface area (Å²) < 4.78 is 28.3. The minimum Gasteiger partial charge on any atom is -0.353 e. The van der Waals surface area contributed by atoms with Crippen LogP contribution in [-0.2, 0) is 10.0 Å². The molecule has 2 aliphatic rings. The molecule has 32 heavy (non-hydrogen) atoms. The molecule has 4 rings (SSSR count). The largest absolute Gasteiger partial charge is 0.353 e. The Labute approximate surface area is 190 Å². The number of nitrogens with zero attached hydrogens (tertiary/aromatic N) is 3. The number of anilines is 2. The number of piperidine rings is 1. The predicted octanol–water partition coefficient (Wildman–Crippen LogP) is 2.47. The number of sulfonamides is 1. The molecule has 2 aromatic rings. The highest BCUT2D eigenvalue weighted by Gasteiger charge is 2.27. The zero-order valence-electron chi connectivity index (χ0n) is 18.7. The molecule has 1 aromatic heterocycles. The predicted molar refractivity (Wildman–Crippen MR) is 126 cm³/mol. The molecule has 1 aromatic carbocycles. The first-order valence-corrected chi connectivity index (χ1v) is 12.7. The number of carbonyl (C=O) groups is 1. The summed E-state index contributed by atoms with van der Waals surface area (Å²) in [5, 5.41) is 3.31. The van der Waals surface area contributed by atoms with E-state index < -0.39 is 10.0 Å². The second-order valence-electron chi connectivity index (χ2n) is 8.73. The molecule has 3 heterocycles. The molecule has 1 amide bonds. The number of rotatable bonds is 5. The molecule has 9 heteroatoms. The molecule has 2 saturated heterocycles. The topological polar surface area (TPSA) is 94.6 Å². The quantitative estimate of drug-likeness (QED) is 0.716. The van der Waals surface area contributed by atoms with Crippen molar-refractivity contribution in [3.63, 3.8) is 0 Å². The van der Waals surface area contributed by atoms with E-state index in [0.717, 1.165) is 44.6 Å². The smallest absolute Gasteiger partial charge is 0.261 e. The number of nitrogens with one attached hydrogen (secondary N) is 2. The van der Waals surface area contributed by atoms with Gasteiger partial charge in [-0.15, -0.1) is 0 Å². The van der Waals surface area contributed by atoms with Crippen LogP contribution in [0.25, 0.3) is 0 Å². The Bertz CT molecular complexity index is 1060. The Kier molecular flexibility index (Phi) is 6.66. The van der Waals surface area contributed by atoms with Crippen LogP contribution < -0.4 is 14.9 Å².